The quantitative estimate of drug-likeness (QED) is 0.771. The summed E-state index contributed by atoms with van der Waals surface area (Å²) in [5, 5.41) is 4.06. The molecule has 2 aliphatic rings. The van der Waals surface area contributed by atoms with E-state index in [9.17, 15) is 19.2 Å². The second kappa shape index (κ2) is 9.94. The van der Waals surface area contributed by atoms with Gasteiger partial charge in [0.05, 0.1) is 0 Å². The maximum absolute atomic E-state index is 10.0. The lowest BCUT2D eigenvalue weighted by Crippen LogP contribution is -2.19. The summed E-state index contributed by atoms with van der Waals surface area (Å²) in [7, 11) is 0. The van der Waals surface area contributed by atoms with Crippen LogP contribution in [-0.4, -0.2) is 23.6 Å². The monoisotopic (exact) mass is 390 g/mol. The van der Waals surface area contributed by atoms with Gasteiger partial charge in [-0.15, -0.1) is 0 Å². The van der Waals surface area contributed by atoms with E-state index in [1.165, 1.54) is 35.4 Å². The Hall–Kier alpha value is -3.80. The van der Waals surface area contributed by atoms with Crippen LogP contribution in [0, 0.1) is 0 Å². The first-order valence-electron chi connectivity index (χ1n) is 8.96. The maximum Gasteiger partial charge on any atom is 0.250 e. The molecular formula is C23H22N2O4. The van der Waals surface area contributed by atoms with Gasteiger partial charge in [-0.1, -0.05) is 74.5 Å². The summed E-state index contributed by atoms with van der Waals surface area (Å²) in [6.45, 7) is 4.52. The predicted octanol–water partition coefficient (Wildman–Crippen LogP) is 2.41. The molecule has 4 amide bonds. The van der Waals surface area contributed by atoms with Gasteiger partial charge in [0.15, 0.2) is 0 Å². The molecular weight excluding hydrogens is 368 g/mol. The molecule has 2 aromatic rings. The summed E-state index contributed by atoms with van der Waals surface area (Å²) >= 11 is 0. The zero-order chi connectivity index (χ0) is 21.3. The van der Waals surface area contributed by atoms with Gasteiger partial charge in [0.2, 0.25) is 0 Å². The van der Waals surface area contributed by atoms with Gasteiger partial charge in [0, 0.05) is 29.7 Å². The third-order valence-electron chi connectivity index (χ3n) is 4.26. The summed E-state index contributed by atoms with van der Waals surface area (Å²) in [6.07, 6.45) is 4.79. The number of amides is 4. The van der Waals surface area contributed by atoms with Gasteiger partial charge in [0.1, 0.15) is 0 Å². The van der Waals surface area contributed by atoms with Gasteiger partial charge in [-0.05, 0) is 11.1 Å². The van der Waals surface area contributed by atoms with Crippen molar-refractivity contribution in [1.29, 1.82) is 0 Å². The number of imide groups is 2. The fraction of sp³-hybridized carbons (Fsp3) is 0.130. The van der Waals surface area contributed by atoms with Crippen LogP contribution in [0.15, 0.2) is 85.0 Å². The van der Waals surface area contributed by atoms with E-state index in [2.05, 4.69) is 74.5 Å². The molecule has 0 spiro atoms. The fourth-order valence-corrected chi connectivity index (χ4v) is 2.59. The minimum atomic E-state index is -0.329. The normalized spacial score (nSPS) is 14.4. The van der Waals surface area contributed by atoms with Gasteiger partial charge in [-0.2, -0.15) is 0 Å². The number of hydrogen-bond donors (Lipinski definition) is 2. The summed E-state index contributed by atoms with van der Waals surface area (Å²) in [5.74, 6) is -1.31. The maximum atomic E-state index is 10.0. The van der Waals surface area contributed by atoms with Crippen molar-refractivity contribution in [2.24, 2.45) is 0 Å². The van der Waals surface area contributed by atoms with Crippen LogP contribution in [0.2, 0.25) is 0 Å². The highest BCUT2D eigenvalue weighted by Crippen LogP contribution is 2.30. The Morgan fingerprint density at radius 3 is 1.00 bits per heavy atom. The molecule has 0 aliphatic carbocycles. The van der Waals surface area contributed by atoms with Crippen LogP contribution in [0.1, 0.15) is 25.0 Å². The Labute approximate surface area is 169 Å². The Kier molecular flexibility index (Phi) is 7.37. The topological polar surface area (TPSA) is 92.3 Å². The second-order valence-corrected chi connectivity index (χ2v) is 6.73. The smallest absolute Gasteiger partial charge is 0.250 e. The number of carbonyl (C=O) groups excluding carboxylic acids is 4. The minimum Gasteiger partial charge on any atom is -0.289 e. The highest BCUT2D eigenvalue weighted by Gasteiger charge is 2.21. The molecule has 0 atom stereocenters. The lowest BCUT2D eigenvalue weighted by atomic mass is 9.78. The lowest BCUT2D eigenvalue weighted by molar-refractivity contribution is -0.125. The highest BCUT2D eigenvalue weighted by molar-refractivity contribution is 6.13. The number of carbonyl (C=O) groups is 4. The van der Waals surface area contributed by atoms with Crippen LogP contribution in [0.25, 0.3) is 0 Å². The highest BCUT2D eigenvalue weighted by atomic mass is 16.2. The third kappa shape index (κ3) is 6.70. The van der Waals surface area contributed by atoms with Crippen molar-refractivity contribution < 1.29 is 19.2 Å². The number of benzene rings is 2. The van der Waals surface area contributed by atoms with E-state index >= 15 is 0 Å². The number of nitrogens with one attached hydrogen (secondary N) is 2. The predicted molar refractivity (Wildman–Crippen MR) is 110 cm³/mol. The summed E-state index contributed by atoms with van der Waals surface area (Å²) < 4.78 is 0. The molecule has 6 nitrogen and oxygen atoms in total. The Morgan fingerprint density at radius 2 is 0.793 bits per heavy atom. The van der Waals surface area contributed by atoms with Crippen LogP contribution in [0.4, 0.5) is 0 Å². The van der Waals surface area contributed by atoms with E-state index in [0.717, 1.165) is 0 Å². The average molecular weight is 390 g/mol. The molecule has 0 saturated heterocycles. The van der Waals surface area contributed by atoms with Crippen molar-refractivity contribution in [3.63, 3.8) is 0 Å². The minimum absolute atomic E-state index is 0.0858. The Bertz CT molecular complexity index is 836. The molecule has 0 unspecified atom stereocenters. The summed E-state index contributed by atoms with van der Waals surface area (Å²) in [4.78, 5) is 40.1. The van der Waals surface area contributed by atoms with Crippen molar-refractivity contribution in [2.75, 3.05) is 0 Å². The van der Waals surface area contributed by atoms with Crippen LogP contribution in [0.5, 0.6) is 0 Å². The van der Waals surface area contributed by atoms with Gasteiger partial charge >= 0.3 is 0 Å². The van der Waals surface area contributed by atoms with Crippen LogP contribution in [-0.2, 0) is 24.6 Å². The van der Waals surface area contributed by atoms with E-state index in [4.69, 9.17) is 0 Å². The molecule has 2 aliphatic heterocycles. The lowest BCUT2D eigenvalue weighted by Gasteiger charge is -2.25. The summed E-state index contributed by atoms with van der Waals surface area (Å²) in [6, 6.07) is 21.3. The first kappa shape index (κ1) is 21.5. The number of hydrogen-bond acceptors (Lipinski definition) is 4. The van der Waals surface area contributed by atoms with E-state index < -0.39 is 0 Å². The van der Waals surface area contributed by atoms with Crippen molar-refractivity contribution >= 4 is 23.6 Å². The molecule has 0 fully saturated rings. The third-order valence-corrected chi connectivity index (χ3v) is 4.26. The Balaban J connectivity index is 0.000000178. The standard InChI is InChI=1S/C15H16.2C4H3NO2/c1-15(2,13-9-5-3-6-10-13)14-11-7-4-8-12-14;2*6-3-1-2-4(7)5-3/h3-12H,1-2H3;2*1-2H,(H,5,6,7). The first-order chi connectivity index (χ1) is 13.8. The molecule has 6 heteroatoms. The van der Waals surface area contributed by atoms with Gasteiger partial charge < -0.3 is 0 Å². The zero-order valence-electron chi connectivity index (χ0n) is 16.2. The van der Waals surface area contributed by atoms with E-state index in [0.29, 0.717) is 0 Å². The molecule has 148 valence electrons. The first-order valence-corrected chi connectivity index (χ1v) is 8.96. The molecule has 29 heavy (non-hydrogen) atoms. The van der Waals surface area contributed by atoms with Crippen molar-refractivity contribution in [3.05, 3.63) is 96.1 Å². The van der Waals surface area contributed by atoms with Gasteiger partial charge in [-0.25, -0.2) is 0 Å². The van der Waals surface area contributed by atoms with Crippen LogP contribution in [0.3, 0.4) is 0 Å². The van der Waals surface area contributed by atoms with Crippen molar-refractivity contribution in [3.8, 4) is 0 Å². The molecule has 0 aromatic heterocycles. The molecule has 0 bridgehead atoms. The van der Waals surface area contributed by atoms with Crippen molar-refractivity contribution in [2.45, 2.75) is 19.3 Å². The molecule has 2 heterocycles. The molecule has 0 saturated carbocycles. The molecule has 0 radical (unpaired) electrons. The van der Waals surface area contributed by atoms with E-state index in [1.807, 2.05) is 10.6 Å². The summed E-state index contributed by atoms with van der Waals surface area (Å²) in [5.41, 5.74) is 2.80. The number of rotatable bonds is 2. The molecule has 4 rings (SSSR count). The SMILES string of the molecule is CC(C)(c1ccccc1)c1ccccc1.O=C1C=CC(=O)N1.O=C1C=CC(=O)N1. The van der Waals surface area contributed by atoms with Gasteiger partial charge in [-0.3, -0.25) is 29.8 Å². The van der Waals surface area contributed by atoms with E-state index in [-0.39, 0.29) is 29.0 Å². The average Bonchev–Trinajstić information content (AvgIpc) is 3.30. The van der Waals surface area contributed by atoms with Crippen LogP contribution >= 0.6 is 0 Å². The van der Waals surface area contributed by atoms with E-state index in [1.54, 1.807) is 0 Å². The molecule has 2 N–H and O–H groups in total. The van der Waals surface area contributed by atoms with Crippen molar-refractivity contribution in [1.82, 2.24) is 10.6 Å². The van der Waals surface area contributed by atoms with Gasteiger partial charge in [0.25, 0.3) is 23.6 Å². The zero-order valence-corrected chi connectivity index (χ0v) is 16.2. The van der Waals surface area contributed by atoms with Crippen LogP contribution < -0.4 is 10.6 Å². The largest absolute Gasteiger partial charge is 0.289 e. The Morgan fingerprint density at radius 1 is 0.517 bits per heavy atom. The fourth-order valence-electron chi connectivity index (χ4n) is 2.59. The molecule has 2 aromatic carbocycles. The second-order valence-electron chi connectivity index (χ2n) is 6.73.